The lowest BCUT2D eigenvalue weighted by atomic mass is 10.4. The molecule has 0 saturated heterocycles. The molecule has 0 aliphatic heterocycles. The minimum Gasteiger partial charge on any atom is -0.467 e. The maximum atomic E-state index is 5.01. The van der Waals surface area contributed by atoms with Crippen LogP contribution in [0.2, 0.25) is 0 Å². The van der Waals surface area contributed by atoms with E-state index in [1.165, 1.54) is 7.11 Å². The third-order valence-electron chi connectivity index (χ3n) is 2.02. The SMILES string of the molecule is CNc1nc(OC)nc(-c2c(Br)nnn2C)n1. The summed E-state index contributed by atoms with van der Waals surface area (Å²) in [6, 6.07) is 0.229. The largest absolute Gasteiger partial charge is 0.467 e. The van der Waals surface area contributed by atoms with Crippen molar-refractivity contribution in [3.8, 4) is 17.5 Å². The molecule has 17 heavy (non-hydrogen) atoms. The van der Waals surface area contributed by atoms with E-state index in [4.69, 9.17) is 4.74 Å². The smallest absolute Gasteiger partial charge is 0.321 e. The van der Waals surface area contributed by atoms with E-state index in [1.807, 2.05) is 0 Å². The first-order chi connectivity index (χ1) is 8.15. The van der Waals surface area contributed by atoms with Crippen LogP contribution in [-0.4, -0.2) is 44.1 Å². The predicted molar refractivity (Wildman–Crippen MR) is 63.6 cm³/mol. The van der Waals surface area contributed by atoms with Crippen molar-refractivity contribution >= 4 is 21.9 Å². The lowest BCUT2D eigenvalue weighted by Crippen LogP contribution is -2.05. The van der Waals surface area contributed by atoms with Gasteiger partial charge in [-0.3, -0.25) is 0 Å². The summed E-state index contributed by atoms with van der Waals surface area (Å²) in [5.74, 6) is 0.848. The van der Waals surface area contributed by atoms with E-state index in [2.05, 4.69) is 46.5 Å². The van der Waals surface area contributed by atoms with Crippen LogP contribution in [0.5, 0.6) is 6.01 Å². The second kappa shape index (κ2) is 4.62. The molecule has 0 bridgehead atoms. The van der Waals surface area contributed by atoms with Gasteiger partial charge >= 0.3 is 6.01 Å². The minimum atomic E-state index is 0.229. The summed E-state index contributed by atoms with van der Waals surface area (Å²) in [5.41, 5.74) is 0.655. The summed E-state index contributed by atoms with van der Waals surface area (Å²) in [6.45, 7) is 0. The summed E-state index contributed by atoms with van der Waals surface area (Å²) in [4.78, 5) is 12.4. The van der Waals surface area contributed by atoms with Crippen molar-refractivity contribution in [2.45, 2.75) is 0 Å². The highest BCUT2D eigenvalue weighted by Crippen LogP contribution is 2.24. The maximum absolute atomic E-state index is 5.01. The van der Waals surface area contributed by atoms with Crippen LogP contribution in [0.4, 0.5) is 5.95 Å². The highest BCUT2D eigenvalue weighted by molar-refractivity contribution is 9.10. The Morgan fingerprint density at radius 3 is 2.59 bits per heavy atom. The summed E-state index contributed by atoms with van der Waals surface area (Å²) >= 11 is 3.29. The number of aromatic nitrogens is 6. The third kappa shape index (κ3) is 2.18. The molecule has 2 aromatic heterocycles. The van der Waals surface area contributed by atoms with Gasteiger partial charge < -0.3 is 10.1 Å². The summed E-state index contributed by atoms with van der Waals surface area (Å²) < 4.78 is 7.14. The molecule has 0 saturated carbocycles. The average molecular weight is 300 g/mol. The van der Waals surface area contributed by atoms with Crippen LogP contribution in [0.15, 0.2) is 4.60 Å². The molecule has 9 heteroatoms. The van der Waals surface area contributed by atoms with E-state index in [0.717, 1.165) is 0 Å². The van der Waals surface area contributed by atoms with Crippen molar-refractivity contribution in [1.29, 1.82) is 0 Å². The van der Waals surface area contributed by atoms with Gasteiger partial charge in [0.25, 0.3) is 0 Å². The van der Waals surface area contributed by atoms with Gasteiger partial charge in [0.1, 0.15) is 5.69 Å². The third-order valence-corrected chi connectivity index (χ3v) is 2.55. The molecular weight excluding hydrogens is 290 g/mol. The van der Waals surface area contributed by atoms with Crippen molar-refractivity contribution < 1.29 is 4.74 Å². The van der Waals surface area contributed by atoms with E-state index in [-0.39, 0.29) is 6.01 Å². The van der Waals surface area contributed by atoms with Gasteiger partial charge in [-0.05, 0) is 15.9 Å². The lowest BCUT2D eigenvalue weighted by molar-refractivity contribution is 0.379. The van der Waals surface area contributed by atoms with Crippen molar-refractivity contribution in [3.63, 3.8) is 0 Å². The average Bonchev–Trinajstić information content (AvgIpc) is 2.68. The molecule has 0 radical (unpaired) electrons. The zero-order chi connectivity index (χ0) is 12.4. The molecule has 2 aromatic rings. The molecule has 0 aliphatic rings. The van der Waals surface area contributed by atoms with Crippen LogP contribution in [0.1, 0.15) is 0 Å². The van der Waals surface area contributed by atoms with Crippen LogP contribution in [-0.2, 0) is 7.05 Å². The molecular formula is C8H10BrN7O. The molecule has 0 amide bonds. The van der Waals surface area contributed by atoms with Gasteiger partial charge in [0, 0.05) is 14.1 Å². The van der Waals surface area contributed by atoms with E-state index >= 15 is 0 Å². The number of hydrogen-bond donors (Lipinski definition) is 1. The van der Waals surface area contributed by atoms with E-state index in [0.29, 0.717) is 22.1 Å². The Kier molecular flexibility index (Phi) is 3.18. The molecule has 0 atom stereocenters. The Morgan fingerprint density at radius 2 is 2.06 bits per heavy atom. The van der Waals surface area contributed by atoms with Crippen LogP contribution in [0, 0.1) is 0 Å². The molecule has 0 fully saturated rings. The molecule has 0 aromatic carbocycles. The topological polar surface area (TPSA) is 90.6 Å². The number of nitrogens with zero attached hydrogens (tertiary/aromatic N) is 6. The first kappa shape index (κ1) is 11.7. The molecule has 1 N–H and O–H groups in total. The Labute approximate surface area is 106 Å². The molecule has 8 nitrogen and oxygen atoms in total. The zero-order valence-corrected chi connectivity index (χ0v) is 11.1. The fourth-order valence-electron chi connectivity index (χ4n) is 1.23. The molecule has 0 aliphatic carbocycles. The zero-order valence-electron chi connectivity index (χ0n) is 9.47. The van der Waals surface area contributed by atoms with Crippen molar-refractivity contribution in [1.82, 2.24) is 29.9 Å². The van der Waals surface area contributed by atoms with Gasteiger partial charge in [-0.2, -0.15) is 15.0 Å². The summed E-state index contributed by atoms with van der Waals surface area (Å²) in [7, 11) is 4.96. The van der Waals surface area contributed by atoms with Crippen molar-refractivity contribution in [3.05, 3.63) is 4.60 Å². The predicted octanol–water partition coefficient (Wildman–Crippen LogP) is 0.480. The first-order valence-electron chi connectivity index (χ1n) is 4.69. The second-order valence-electron chi connectivity index (χ2n) is 3.07. The molecule has 0 unspecified atom stereocenters. The second-order valence-corrected chi connectivity index (χ2v) is 3.82. The Balaban J connectivity index is 2.58. The highest BCUT2D eigenvalue weighted by Gasteiger charge is 2.16. The number of nitrogens with one attached hydrogen (secondary N) is 1. The number of anilines is 1. The number of halogens is 1. The number of hydrogen-bond acceptors (Lipinski definition) is 7. The number of aryl methyl sites for hydroxylation is 1. The number of methoxy groups -OCH3 is 1. The quantitative estimate of drug-likeness (QED) is 0.881. The van der Waals surface area contributed by atoms with Gasteiger partial charge in [-0.1, -0.05) is 5.21 Å². The van der Waals surface area contributed by atoms with E-state index in [9.17, 15) is 0 Å². The molecule has 0 spiro atoms. The van der Waals surface area contributed by atoms with Gasteiger partial charge in [-0.25, -0.2) is 4.68 Å². The fraction of sp³-hybridized carbons (Fsp3) is 0.375. The lowest BCUT2D eigenvalue weighted by Gasteiger charge is -2.05. The van der Waals surface area contributed by atoms with Gasteiger partial charge in [0.05, 0.1) is 7.11 Å². The van der Waals surface area contributed by atoms with Gasteiger partial charge in [0.15, 0.2) is 10.4 Å². The Morgan fingerprint density at radius 1 is 1.29 bits per heavy atom. The molecule has 2 heterocycles. The summed E-state index contributed by atoms with van der Waals surface area (Å²) in [5, 5.41) is 10.6. The van der Waals surface area contributed by atoms with Crippen LogP contribution < -0.4 is 10.1 Å². The Hall–Kier alpha value is -1.77. The van der Waals surface area contributed by atoms with Crippen LogP contribution >= 0.6 is 15.9 Å². The summed E-state index contributed by atoms with van der Waals surface area (Å²) in [6.07, 6.45) is 0. The normalized spacial score (nSPS) is 10.4. The van der Waals surface area contributed by atoms with Crippen molar-refractivity contribution in [2.75, 3.05) is 19.5 Å². The minimum absolute atomic E-state index is 0.229. The van der Waals surface area contributed by atoms with Gasteiger partial charge in [-0.15, -0.1) is 5.10 Å². The number of ether oxygens (including phenoxy) is 1. The van der Waals surface area contributed by atoms with Gasteiger partial charge in [0.2, 0.25) is 5.95 Å². The monoisotopic (exact) mass is 299 g/mol. The van der Waals surface area contributed by atoms with Crippen LogP contribution in [0.3, 0.4) is 0 Å². The number of rotatable bonds is 3. The van der Waals surface area contributed by atoms with E-state index in [1.54, 1.807) is 18.8 Å². The highest BCUT2D eigenvalue weighted by atomic mass is 79.9. The van der Waals surface area contributed by atoms with Crippen LogP contribution in [0.25, 0.3) is 11.5 Å². The molecule has 2 rings (SSSR count). The standard InChI is InChI=1S/C8H10BrN7O/c1-10-7-11-6(12-8(13-7)17-3)4-5(9)14-15-16(4)2/h1-3H3,(H,10,11,12,13). The fourth-order valence-corrected chi connectivity index (χ4v) is 1.74. The maximum Gasteiger partial charge on any atom is 0.321 e. The van der Waals surface area contributed by atoms with Crippen molar-refractivity contribution in [2.24, 2.45) is 7.05 Å². The van der Waals surface area contributed by atoms with E-state index < -0.39 is 0 Å². The molecule has 90 valence electrons. The first-order valence-corrected chi connectivity index (χ1v) is 5.48. The Bertz CT molecular complexity index is 499.